The van der Waals surface area contributed by atoms with E-state index in [0.717, 1.165) is 24.2 Å². The van der Waals surface area contributed by atoms with E-state index in [1.54, 1.807) is 6.20 Å². The van der Waals surface area contributed by atoms with E-state index in [4.69, 9.17) is 0 Å². The van der Waals surface area contributed by atoms with E-state index < -0.39 is 6.10 Å². The molecule has 3 heteroatoms. The maximum absolute atomic E-state index is 9.85. The lowest BCUT2D eigenvalue weighted by atomic mass is 10.2. The van der Waals surface area contributed by atoms with Gasteiger partial charge in [0, 0.05) is 12.7 Å². The van der Waals surface area contributed by atoms with E-state index in [9.17, 15) is 5.11 Å². The van der Waals surface area contributed by atoms with E-state index in [-0.39, 0.29) is 0 Å². The van der Waals surface area contributed by atoms with Crippen LogP contribution in [-0.4, -0.2) is 14.9 Å². The second-order valence-electron chi connectivity index (χ2n) is 3.67. The predicted molar refractivity (Wildman–Crippen MR) is 56.9 cm³/mol. The Hall–Kier alpha value is -1.09. The number of rotatable bonds is 4. The van der Waals surface area contributed by atoms with Crippen molar-refractivity contribution in [3.05, 3.63) is 29.6 Å². The molecular formula is C11H18N2O. The molecule has 0 aliphatic rings. The van der Waals surface area contributed by atoms with Crippen LogP contribution >= 0.6 is 0 Å². The third-order valence-electron chi connectivity index (χ3n) is 1.98. The quantitative estimate of drug-likeness (QED) is 0.747. The Labute approximate surface area is 85.1 Å². The molecule has 0 radical (unpaired) electrons. The first-order chi connectivity index (χ1) is 6.65. The summed E-state index contributed by atoms with van der Waals surface area (Å²) in [4.78, 5) is 0. The molecule has 14 heavy (non-hydrogen) atoms. The highest BCUT2D eigenvalue weighted by atomic mass is 16.3. The van der Waals surface area contributed by atoms with Crippen molar-refractivity contribution in [2.24, 2.45) is 0 Å². The molecule has 0 aliphatic heterocycles. The molecule has 0 fully saturated rings. The predicted octanol–water partition coefficient (Wildman–Crippen LogP) is 2.29. The average molecular weight is 194 g/mol. The van der Waals surface area contributed by atoms with Crippen molar-refractivity contribution in [2.45, 2.75) is 39.8 Å². The monoisotopic (exact) mass is 194 g/mol. The van der Waals surface area contributed by atoms with Crippen molar-refractivity contribution in [3.63, 3.8) is 0 Å². The molecule has 0 bridgehead atoms. The lowest BCUT2D eigenvalue weighted by Crippen LogP contribution is -2.07. The molecule has 0 spiro atoms. The lowest BCUT2D eigenvalue weighted by Gasteiger charge is -2.09. The summed E-state index contributed by atoms with van der Waals surface area (Å²) in [5.41, 5.74) is 1.98. The van der Waals surface area contributed by atoms with Gasteiger partial charge in [0.15, 0.2) is 0 Å². The molecule has 0 aromatic carbocycles. The summed E-state index contributed by atoms with van der Waals surface area (Å²) in [5.74, 6) is 0. The molecule has 3 nitrogen and oxygen atoms in total. The van der Waals surface area contributed by atoms with Crippen LogP contribution in [0.1, 0.15) is 39.0 Å². The van der Waals surface area contributed by atoms with Crippen LogP contribution in [0.15, 0.2) is 23.9 Å². The number of allylic oxidation sites excluding steroid dienone is 1. The molecule has 0 saturated heterocycles. The Morgan fingerprint density at radius 2 is 2.36 bits per heavy atom. The molecule has 1 aromatic heterocycles. The van der Waals surface area contributed by atoms with Gasteiger partial charge in [0.05, 0.1) is 5.69 Å². The zero-order valence-electron chi connectivity index (χ0n) is 9.07. The topological polar surface area (TPSA) is 38.0 Å². The Bertz CT molecular complexity index is 311. The fourth-order valence-electron chi connectivity index (χ4n) is 1.39. The Balaban J connectivity index is 2.83. The fourth-order valence-corrected chi connectivity index (χ4v) is 1.39. The number of hydrogen-bond acceptors (Lipinski definition) is 2. The zero-order valence-corrected chi connectivity index (χ0v) is 9.07. The smallest absolute Gasteiger partial charge is 0.114 e. The van der Waals surface area contributed by atoms with Crippen LogP contribution < -0.4 is 0 Å². The number of nitrogens with zero attached hydrogens (tertiary/aromatic N) is 2. The molecule has 1 heterocycles. The third-order valence-corrected chi connectivity index (χ3v) is 1.98. The molecule has 1 rings (SSSR count). The van der Waals surface area contributed by atoms with Crippen molar-refractivity contribution >= 4 is 0 Å². The summed E-state index contributed by atoms with van der Waals surface area (Å²) >= 11 is 0. The Kier molecular flexibility index (Phi) is 3.89. The maximum Gasteiger partial charge on any atom is 0.114 e. The first kappa shape index (κ1) is 11.0. The maximum atomic E-state index is 9.85. The van der Waals surface area contributed by atoms with E-state index in [1.165, 1.54) is 0 Å². The van der Waals surface area contributed by atoms with E-state index in [0.29, 0.717) is 0 Å². The molecule has 1 aromatic rings. The highest BCUT2D eigenvalue weighted by Gasteiger charge is 2.09. The molecule has 0 amide bonds. The van der Waals surface area contributed by atoms with Crippen molar-refractivity contribution < 1.29 is 5.11 Å². The van der Waals surface area contributed by atoms with Gasteiger partial charge in [-0.1, -0.05) is 18.6 Å². The summed E-state index contributed by atoms with van der Waals surface area (Å²) < 4.78 is 1.85. The number of aromatic nitrogens is 2. The molecule has 0 saturated carbocycles. The highest BCUT2D eigenvalue weighted by molar-refractivity contribution is 5.13. The second-order valence-corrected chi connectivity index (χ2v) is 3.67. The van der Waals surface area contributed by atoms with Crippen LogP contribution in [0.4, 0.5) is 0 Å². The van der Waals surface area contributed by atoms with Gasteiger partial charge >= 0.3 is 0 Å². The van der Waals surface area contributed by atoms with Crippen molar-refractivity contribution in [1.29, 1.82) is 0 Å². The number of hydrogen-bond donors (Lipinski definition) is 1. The molecular weight excluding hydrogens is 176 g/mol. The molecule has 0 aliphatic carbocycles. The zero-order chi connectivity index (χ0) is 10.6. The number of aliphatic hydroxyl groups excluding tert-OH is 1. The van der Waals surface area contributed by atoms with E-state index in [2.05, 4.69) is 12.0 Å². The Morgan fingerprint density at radius 1 is 1.64 bits per heavy atom. The summed E-state index contributed by atoms with van der Waals surface area (Å²) in [6.07, 6.45) is 4.06. The van der Waals surface area contributed by atoms with Crippen LogP contribution in [0.5, 0.6) is 0 Å². The summed E-state index contributed by atoms with van der Waals surface area (Å²) in [7, 11) is 0. The fraction of sp³-hybridized carbons (Fsp3) is 0.545. The van der Waals surface area contributed by atoms with Crippen LogP contribution in [-0.2, 0) is 6.54 Å². The van der Waals surface area contributed by atoms with Gasteiger partial charge in [-0.25, -0.2) is 0 Å². The first-order valence-corrected chi connectivity index (χ1v) is 5.00. The Morgan fingerprint density at radius 3 is 2.93 bits per heavy atom. The molecule has 1 atom stereocenters. The van der Waals surface area contributed by atoms with Gasteiger partial charge in [0.1, 0.15) is 6.10 Å². The largest absolute Gasteiger partial charge is 0.383 e. The third kappa shape index (κ3) is 2.70. The minimum Gasteiger partial charge on any atom is -0.383 e. The minimum atomic E-state index is -0.533. The van der Waals surface area contributed by atoms with Gasteiger partial charge in [-0.2, -0.15) is 5.10 Å². The summed E-state index contributed by atoms with van der Waals surface area (Å²) in [6.45, 7) is 6.91. The molecule has 78 valence electrons. The summed E-state index contributed by atoms with van der Waals surface area (Å²) in [5, 5.41) is 14.0. The van der Waals surface area contributed by atoms with E-state index >= 15 is 0 Å². The van der Waals surface area contributed by atoms with Gasteiger partial charge < -0.3 is 5.11 Å². The minimum absolute atomic E-state index is 0.533. The van der Waals surface area contributed by atoms with Crippen molar-refractivity contribution in [3.8, 4) is 0 Å². The van der Waals surface area contributed by atoms with Gasteiger partial charge in [-0.15, -0.1) is 0 Å². The van der Waals surface area contributed by atoms with Crippen LogP contribution in [0, 0.1) is 0 Å². The van der Waals surface area contributed by atoms with Gasteiger partial charge in [0.2, 0.25) is 0 Å². The standard InChI is InChI=1S/C11H18N2O/c1-4-7-13-10(5-6-12-13)11(14)8-9(2)3/h5-6,8,11,14H,4,7H2,1-3H3. The van der Waals surface area contributed by atoms with Crippen molar-refractivity contribution in [2.75, 3.05) is 0 Å². The van der Waals surface area contributed by atoms with Crippen LogP contribution in [0.2, 0.25) is 0 Å². The van der Waals surface area contributed by atoms with Gasteiger partial charge in [-0.3, -0.25) is 4.68 Å². The summed E-state index contributed by atoms with van der Waals surface area (Å²) in [6, 6.07) is 1.86. The van der Waals surface area contributed by atoms with Crippen LogP contribution in [0.3, 0.4) is 0 Å². The number of aliphatic hydroxyl groups is 1. The SMILES string of the molecule is CCCn1nccc1C(O)C=C(C)C. The average Bonchev–Trinajstić information content (AvgIpc) is 2.51. The van der Waals surface area contributed by atoms with E-state index in [1.807, 2.05) is 30.7 Å². The van der Waals surface area contributed by atoms with Gasteiger partial charge in [0.25, 0.3) is 0 Å². The van der Waals surface area contributed by atoms with Crippen LogP contribution in [0.25, 0.3) is 0 Å². The number of aryl methyl sites for hydroxylation is 1. The van der Waals surface area contributed by atoms with Crippen molar-refractivity contribution in [1.82, 2.24) is 9.78 Å². The first-order valence-electron chi connectivity index (χ1n) is 5.00. The normalized spacial score (nSPS) is 12.6. The lowest BCUT2D eigenvalue weighted by molar-refractivity contribution is 0.214. The van der Waals surface area contributed by atoms with Gasteiger partial charge in [-0.05, 0) is 26.3 Å². The highest BCUT2D eigenvalue weighted by Crippen LogP contribution is 2.15. The molecule has 1 N–H and O–H groups in total. The second kappa shape index (κ2) is 4.96. The molecule has 1 unspecified atom stereocenters.